The molecule has 2 atom stereocenters. The molecule has 1 amide bonds. The van der Waals surface area contributed by atoms with E-state index in [1.54, 1.807) is 6.92 Å². The fourth-order valence-electron chi connectivity index (χ4n) is 0.942. The van der Waals surface area contributed by atoms with Gasteiger partial charge in [0.2, 0.25) is 5.91 Å². The number of carbonyl (C=O) groups is 1. The third kappa shape index (κ3) is 6.81. The SMILES string of the molecule is CC(CS(C)(=O)=O)NCC(N)C(N)=O. The van der Waals surface area contributed by atoms with Gasteiger partial charge in [0.15, 0.2) is 0 Å². The maximum absolute atomic E-state index is 10.9. The lowest BCUT2D eigenvalue weighted by Crippen LogP contribution is -2.47. The van der Waals surface area contributed by atoms with Gasteiger partial charge in [-0.15, -0.1) is 0 Å². The summed E-state index contributed by atoms with van der Waals surface area (Å²) in [7, 11) is -3.01. The number of hydrogen-bond donors (Lipinski definition) is 3. The number of primary amides is 1. The molecular formula is C7H17N3O3S. The highest BCUT2D eigenvalue weighted by molar-refractivity contribution is 7.90. The Kier molecular flexibility index (Phi) is 5.03. The van der Waals surface area contributed by atoms with Crippen LogP contribution in [0.2, 0.25) is 0 Å². The third-order valence-corrected chi connectivity index (χ3v) is 2.71. The summed E-state index contributed by atoms with van der Waals surface area (Å²) in [6.07, 6.45) is 1.15. The number of hydrogen-bond acceptors (Lipinski definition) is 5. The van der Waals surface area contributed by atoms with Crippen molar-refractivity contribution in [2.75, 3.05) is 18.6 Å². The van der Waals surface area contributed by atoms with E-state index in [0.717, 1.165) is 6.26 Å². The molecule has 5 N–H and O–H groups in total. The predicted octanol–water partition coefficient (Wildman–Crippen LogP) is -2.18. The molecule has 7 heteroatoms. The average molecular weight is 223 g/mol. The standard InChI is InChI=1S/C7H17N3O3S/c1-5(4-14(2,12)13)10-3-6(8)7(9)11/h5-6,10H,3-4,8H2,1-2H3,(H2,9,11). The number of nitrogens with two attached hydrogens (primary N) is 2. The molecule has 84 valence electrons. The van der Waals surface area contributed by atoms with Crippen LogP contribution in [0.3, 0.4) is 0 Å². The summed E-state index contributed by atoms with van der Waals surface area (Å²) in [5.74, 6) is -0.595. The summed E-state index contributed by atoms with van der Waals surface area (Å²) in [4.78, 5) is 10.5. The summed E-state index contributed by atoms with van der Waals surface area (Å²) < 4.78 is 21.7. The van der Waals surface area contributed by atoms with Crippen LogP contribution in [-0.4, -0.2) is 45.0 Å². The van der Waals surface area contributed by atoms with E-state index >= 15 is 0 Å². The van der Waals surface area contributed by atoms with Crippen LogP contribution in [0.15, 0.2) is 0 Å². The van der Waals surface area contributed by atoms with Crippen molar-refractivity contribution < 1.29 is 13.2 Å². The molecular weight excluding hydrogens is 206 g/mol. The Morgan fingerprint density at radius 3 is 2.36 bits per heavy atom. The summed E-state index contributed by atoms with van der Waals surface area (Å²) in [6.45, 7) is 1.89. The smallest absolute Gasteiger partial charge is 0.235 e. The predicted molar refractivity (Wildman–Crippen MR) is 54.3 cm³/mol. The van der Waals surface area contributed by atoms with Gasteiger partial charge in [-0.1, -0.05) is 0 Å². The number of amides is 1. The number of nitrogens with one attached hydrogen (secondary N) is 1. The quantitative estimate of drug-likeness (QED) is 0.473. The van der Waals surface area contributed by atoms with Crippen molar-refractivity contribution in [1.29, 1.82) is 0 Å². The summed E-state index contributed by atoms with van der Waals surface area (Å²) in [6, 6.07) is -1.02. The van der Waals surface area contributed by atoms with Gasteiger partial charge in [-0.2, -0.15) is 0 Å². The van der Waals surface area contributed by atoms with Crippen molar-refractivity contribution in [2.45, 2.75) is 19.0 Å². The van der Waals surface area contributed by atoms with Crippen molar-refractivity contribution in [3.05, 3.63) is 0 Å². The lowest BCUT2D eigenvalue weighted by Gasteiger charge is -2.14. The second kappa shape index (κ2) is 5.28. The number of sulfone groups is 1. The van der Waals surface area contributed by atoms with E-state index in [-0.39, 0.29) is 18.3 Å². The Morgan fingerprint density at radius 1 is 1.50 bits per heavy atom. The van der Waals surface area contributed by atoms with Crippen LogP contribution < -0.4 is 16.8 Å². The molecule has 6 nitrogen and oxygen atoms in total. The maximum atomic E-state index is 10.9. The third-order valence-electron chi connectivity index (χ3n) is 1.60. The molecule has 0 fully saturated rings. The monoisotopic (exact) mass is 223 g/mol. The first-order valence-electron chi connectivity index (χ1n) is 4.18. The first-order valence-corrected chi connectivity index (χ1v) is 6.24. The van der Waals surface area contributed by atoms with Gasteiger partial charge in [0.05, 0.1) is 11.8 Å². The van der Waals surface area contributed by atoms with E-state index in [2.05, 4.69) is 5.32 Å². The minimum absolute atomic E-state index is 0.0124. The van der Waals surface area contributed by atoms with E-state index < -0.39 is 21.8 Å². The zero-order chi connectivity index (χ0) is 11.4. The lowest BCUT2D eigenvalue weighted by molar-refractivity contribution is -0.119. The largest absolute Gasteiger partial charge is 0.368 e. The summed E-state index contributed by atoms with van der Waals surface area (Å²) in [5, 5.41) is 2.82. The van der Waals surface area contributed by atoms with Crippen molar-refractivity contribution in [1.82, 2.24) is 5.32 Å². The maximum Gasteiger partial charge on any atom is 0.235 e. The second-order valence-corrected chi connectivity index (χ2v) is 5.60. The van der Waals surface area contributed by atoms with E-state index in [1.807, 2.05) is 0 Å². The molecule has 0 saturated carbocycles. The Labute approximate surface area is 83.9 Å². The van der Waals surface area contributed by atoms with E-state index in [9.17, 15) is 13.2 Å². The van der Waals surface area contributed by atoms with E-state index in [4.69, 9.17) is 11.5 Å². The Hall–Kier alpha value is -0.660. The Morgan fingerprint density at radius 2 is 2.00 bits per heavy atom. The highest BCUT2D eigenvalue weighted by atomic mass is 32.2. The summed E-state index contributed by atoms with van der Waals surface area (Å²) >= 11 is 0. The van der Waals surface area contributed by atoms with Gasteiger partial charge in [-0.3, -0.25) is 4.79 Å². The van der Waals surface area contributed by atoms with Crippen molar-refractivity contribution in [3.63, 3.8) is 0 Å². The highest BCUT2D eigenvalue weighted by Gasteiger charge is 2.13. The second-order valence-electron chi connectivity index (χ2n) is 3.41. The van der Waals surface area contributed by atoms with Gasteiger partial charge < -0.3 is 16.8 Å². The Balaban J connectivity index is 3.86. The van der Waals surface area contributed by atoms with Crippen molar-refractivity contribution >= 4 is 15.7 Å². The van der Waals surface area contributed by atoms with Gasteiger partial charge in [0.1, 0.15) is 9.84 Å². The van der Waals surface area contributed by atoms with Crippen LogP contribution in [0.1, 0.15) is 6.92 Å². The lowest BCUT2D eigenvalue weighted by atomic mass is 10.3. The first-order chi connectivity index (χ1) is 6.22. The van der Waals surface area contributed by atoms with Crippen LogP contribution in [0.5, 0.6) is 0 Å². The zero-order valence-electron chi connectivity index (χ0n) is 8.36. The molecule has 0 saturated heterocycles. The molecule has 0 aliphatic rings. The highest BCUT2D eigenvalue weighted by Crippen LogP contribution is 1.89. The molecule has 2 unspecified atom stereocenters. The molecule has 0 aromatic carbocycles. The molecule has 0 aliphatic carbocycles. The fourth-order valence-corrected chi connectivity index (χ4v) is 1.97. The number of carbonyl (C=O) groups excluding carboxylic acids is 1. The summed E-state index contributed by atoms with van der Waals surface area (Å²) in [5.41, 5.74) is 10.3. The normalized spacial score (nSPS) is 16.2. The Bertz CT molecular complexity index is 289. The average Bonchev–Trinajstić information content (AvgIpc) is 1.96. The molecule has 0 heterocycles. The van der Waals surface area contributed by atoms with Crippen molar-refractivity contribution in [2.24, 2.45) is 11.5 Å². The van der Waals surface area contributed by atoms with Gasteiger partial charge in [0, 0.05) is 18.8 Å². The van der Waals surface area contributed by atoms with Crippen LogP contribution in [0.25, 0.3) is 0 Å². The van der Waals surface area contributed by atoms with Gasteiger partial charge >= 0.3 is 0 Å². The van der Waals surface area contributed by atoms with E-state index in [0.29, 0.717) is 0 Å². The molecule has 0 aliphatic heterocycles. The molecule has 0 rings (SSSR count). The minimum Gasteiger partial charge on any atom is -0.368 e. The van der Waals surface area contributed by atoms with Gasteiger partial charge in [-0.25, -0.2) is 8.42 Å². The minimum atomic E-state index is -3.01. The molecule has 0 aromatic heterocycles. The van der Waals surface area contributed by atoms with Crippen LogP contribution in [0, 0.1) is 0 Å². The van der Waals surface area contributed by atoms with Gasteiger partial charge in [-0.05, 0) is 6.92 Å². The first kappa shape index (κ1) is 13.3. The molecule has 0 aromatic rings. The van der Waals surface area contributed by atoms with Crippen LogP contribution in [0.4, 0.5) is 0 Å². The zero-order valence-corrected chi connectivity index (χ0v) is 9.17. The topological polar surface area (TPSA) is 115 Å². The van der Waals surface area contributed by atoms with Gasteiger partial charge in [0.25, 0.3) is 0 Å². The van der Waals surface area contributed by atoms with Crippen molar-refractivity contribution in [3.8, 4) is 0 Å². The van der Waals surface area contributed by atoms with E-state index in [1.165, 1.54) is 0 Å². The molecule has 0 radical (unpaired) electrons. The van der Waals surface area contributed by atoms with Crippen LogP contribution in [-0.2, 0) is 14.6 Å². The van der Waals surface area contributed by atoms with Crippen LogP contribution >= 0.6 is 0 Å². The number of rotatable bonds is 6. The molecule has 0 spiro atoms. The molecule has 0 bridgehead atoms. The fraction of sp³-hybridized carbons (Fsp3) is 0.857. The molecule has 14 heavy (non-hydrogen) atoms.